The van der Waals surface area contributed by atoms with E-state index in [9.17, 15) is 4.79 Å². The summed E-state index contributed by atoms with van der Waals surface area (Å²) >= 11 is 0. The van der Waals surface area contributed by atoms with Crippen LogP contribution in [0.15, 0.2) is 72.1 Å². The largest absolute Gasteiger partial charge is 0.418 e. The van der Waals surface area contributed by atoms with Crippen molar-refractivity contribution in [2.45, 2.75) is 6.92 Å². The standard InChI is InChI=1S/C19H18N4O3/c1-15-14-22(25-13-12-20)23(16-8-4-2-5-9-16)18(15)21-19(24)26-17-10-6-3-7-11-17/h2-11H,13-14H2,1H3,(H,21,24). The molecule has 1 aliphatic rings. The number of hydrazine groups is 1. The summed E-state index contributed by atoms with van der Waals surface area (Å²) in [7, 11) is 0. The van der Waals surface area contributed by atoms with Crippen LogP contribution in [0.4, 0.5) is 10.5 Å². The number of carbonyl (C=O) groups excluding carboxylic acids is 1. The second-order valence-electron chi connectivity index (χ2n) is 5.55. The van der Waals surface area contributed by atoms with Crippen LogP contribution in [0, 0.1) is 11.3 Å². The van der Waals surface area contributed by atoms with Crippen LogP contribution in [0.5, 0.6) is 5.75 Å². The van der Waals surface area contributed by atoms with Crippen LogP contribution in [0.25, 0.3) is 0 Å². The van der Waals surface area contributed by atoms with E-state index in [1.54, 1.807) is 29.3 Å². The molecule has 26 heavy (non-hydrogen) atoms. The van der Waals surface area contributed by atoms with Crippen LogP contribution < -0.4 is 15.1 Å². The first-order valence-electron chi connectivity index (χ1n) is 8.05. The van der Waals surface area contributed by atoms with E-state index in [0.717, 1.165) is 11.3 Å². The number of anilines is 1. The summed E-state index contributed by atoms with van der Waals surface area (Å²) in [5.74, 6) is 0.986. The number of amides is 1. The highest BCUT2D eigenvalue weighted by molar-refractivity contribution is 5.74. The minimum absolute atomic E-state index is 0.0989. The molecule has 0 atom stereocenters. The van der Waals surface area contributed by atoms with Gasteiger partial charge in [0.05, 0.1) is 18.3 Å². The molecule has 7 heteroatoms. The molecule has 2 aromatic carbocycles. The van der Waals surface area contributed by atoms with Crippen molar-refractivity contribution in [2.75, 3.05) is 18.2 Å². The summed E-state index contributed by atoms with van der Waals surface area (Å²) in [6.07, 6.45) is -0.603. The van der Waals surface area contributed by atoms with Crippen molar-refractivity contribution in [1.29, 1.82) is 5.26 Å². The van der Waals surface area contributed by atoms with Gasteiger partial charge < -0.3 is 4.74 Å². The molecule has 0 radical (unpaired) electrons. The van der Waals surface area contributed by atoms with Crippen LogP contribution in [-0.2, 0) is 4.84 Å². The molecule has 7 nitrogen and oxygen atoms in total. The molecule has 0 spiro atoms. The predicted octanol–water partition coefficient (Wildman–Crippen LogP) is 3.20. The lowest BCUT2D eigenvalue weighted by Gasteiger charge is -2.30. The summed E-state index contributed by atoms with van der Waals surface area (Å²) < 4.78 is 5.30. The second kappa shape index (κ2) is 8.16. The summed E-state index contributed by atoms with van der Waals surface area (Å²) in [4.78, 5) is 17.8. The normalized spacial score (nSPS) is 14.2. The van der Waals surface area contributed by atoms with Crippen molar-refractivity contribution in [3.8, 4) is 11.8 Å². The number of ether oxygens (including phenoxy) is 1. The van der Waals surface area contributed by atoms with E-state index in [0.29, 0.717) is 18.1 Å². The lowest BCUT2D eigenvalue weighted by atomic mass is 10.3. The first-order valence-corrected chi connectivity index (χ1v) is 8.05. The number of para-hydroxylation sites is 2. The quantitative estimate of drug-likeness (QED) is 0.892. The van der Waals surface area contributed by atoms with Crippen molar-refractivity contribution in [3.63, 3.8) is 0 Å². The molecular formula is C19H18N4O3. The molecule has 0 unspecified atom stereocenters. The molecule has 3 rings (SSSR count). The Morgan fingerprint density at radius 3 is 2.46 bits per heavy atom. The molecule has 0 fully saturated rings. The smallest absolute Gasteiger partial charge is 0.410 e. The van der Waals surface area contributed by atoms with E-state index in [-0.39, 0.29) is 6.61 Å². The van der Waals surface area contributed by atoms with E-state index >= 15 is 0 Å². The summed E-state index contributed by atoms with van der Waals surface area (Å²) in [6.45, 7) is 2.19. The molecule has 1 N–H and O–H groups in total. The van der Waals surface area contributed by atoms with Crippen molar-refractivity contribution in [1.82, 2.24) is 10.5 Å². The van der Waals surface area contributed by atoms with Gasteiger partial charge in [-0.2, -0.15) is 5.26 Å². The van der Waals surface area contributed by atoms with E-state index in [2.05, 4.69) is 5.32 Å². The Balaban J connectivity index is 1.80. The molecule has 0 bridgehead atoms. The van der Waals surface area contributed by atoms with Crippen molar-refractivity contribution in [2.24, 2.45) is 0 Å². The van der Waals surface area contributed by atoms with Crippen LogP contribution in [0.3, 0.4) is 0 Å². The Hall–Kier alpha value is -3.34. The number of nitrogens with one attached hydrogen (secondary N) is 1. The third-order valence-corrected chi connectivity index (χ3v) is 3.66. The van der Waals surface area contributed by atoms with Crippen LogP contribution >= 0.6 is 0 Å². The molecule has 0 aromatic heterocycles. The summed E-state index contributed by atoms with van der Waals surface area (Å²) in [6, 6.07) is 20.2. The maximum atomic E-state index is 12.3. The van der Waals surface area contributed by atoms with Gasteiger partial charge in [-0.15, -0.1) is 0 Å². The molecule has 0 aliphatic carbocycles. The van der Waals surface area contributed by atoms with E-state index in [4.69, 9.17) is 14.8 Å². The van der Waals surface area contributed by atoms with Gasteiger partial charge in [0.25, 0.3) is 0 Å². The predicted molar refractivity (Wildman–Crippen MR) is 95.5 cm³/mol. The number of rotatable bonds is 5. The van der Waals surface area contributed by atoms with E-state index in [1.165, 1.54) is 5.17 Å². The molecule has 2 aromatic rings. The second-order valence-corrected chi connectivity index (χ2v) is 5.55. The lowest BCUT2D eigenvalue weighted by Crippen LogP contribution is -2.43. The fourth-order valence-corrected chi connectivity index (χ4v) is 2.55. The lowest BCUT2D eigenvalue weighted by molar-refractivity contribution is -0.137. The number of nitrogens with zero attached hydrogens (tertiary/aromatic N) is 3. The van der Waals surface area contributed by atoms with Crippen molar-refractivity contribution in [3.05, 3.63) is 72.1 Å². The molecule has 0 saturated heterocycles. The van der Waals surface area contributed by atoms with E-state index in [1.807, 2.05) is 49.4 Å². The highest BCUT2D eigenvalue weighted by atomic mass is 16.7. The Labute approximate surface area is 151 Å². The Bertz CT molecular complexity index is 831. The maximum absolute atomic E-state index is 12.3. The first kappa shape index (κ1) is 17.5. The van der Waals surface area contributed by atoms with Gasteiger partial charge in [0.15, 0.2) is 6.61 Å². The van der Waals surface area contributed by atoms with Gasteiger partial charge in [-0.25, -0.2) is 9.80 Å². The van der Waals surface area contributed by atoms with Gasteiger partial charge in [0, 0.05) is 0 Å². The number of hydroxylamine groups is 1. The molecule has 0 saturated carbocycles. The van der Waals surface area contributed by atoms with Gasteiger partial charge in [0.1, 0.15) is 11.6 Å². The van der Waals surface area contributed by atoms with E-state index < -0.39 is 6.09 Å². The van der Waals surface area contributed by atoms with Gasteiger partial charge >= 0.3 is 6.09 Å². The average molecular weight is 350 g/mol. The molecule has 132 valence electrons. The highest BCUT2D eigenvalue weighted by Gasteiger charge is 2.31. The number of nitriles is 1. The average Bonchev–Trinajstić information content (AvgIpc) is 2.96. The van der Waals surface area contributed by atoms with Crippen molar-refractivity contribution >= 4 is 11.8 Å². The molecular weight excluding hydrogens is 332 g/mol. The Morgan fingerprint density at radius 2 is 1.81 bits per heavy atom. The van der Waals surface area contributed by atoms with Crippen LogP contribution in [0.1, 0.15) is 6.92 Å². The van der Waals surface area contributed by atoms with Crippen LogP contribution in [0.2, 0.25) is 0 Å². The Kier molecular flexibility index (Phi) is 5.49. The number of hydrogen-bond donors (Lipinski definition) is 1. The van der Waals surface area contributed by atoms with Gasteiger partial charge in [-0.05, 0) is 36.8 Å². The van der Waals surface area contributed by atoms with Gasteiger partial charge in [-0.3, -0.25) is 10.2 Å². The summed E-state index contributed by atoms with van der Waals surface area (Å²) in [5.41, 5.74) is 1.66. The number of carbonyl (C=O) groups is 1. The zero-order chi connectivity index (χ0) is 18.4. The Morgan fingerprint density at radius 1 is 1.15 bits per heavy atom. The zero-order valence-corrected chi connectivity index (χ0v) is 14.3. The molecule has 1 heterocycles. The monoisotopic (exact) mass is 350 g/mol. The third kappa shape index (κ3) is 4.00. The number of benzene rings is 2. The SMILES string of the molecule is CC1=C(NC(=O)Oc2ccccc2)N(c2ccccc2)N(OCC#N)C1. The molecule has 1 amide bonds. The maximum Gasteiger partial charge on any atom is 0.418 e. The fourth-order valence-electron chi connectivity index (χ4n) is 2.55. The first-order chi connectivity index (χ1) is 12.7. The minimum Gasteiger partial charge on any atom is -0.410 e. The summed E-state index contributed by atoms with van der Waals surface area (Å²) in [5, 5.41) is 14.8. The van der Waals surface area contributed by atoms with Gasteiger partial charge in [-0.1, -0.05) is 41.6 Å². The van der Waals surface area contributed by atoms with Crippen molar-refractivity contribution < 1.29 is 14.4 Å². The highest BCUT2D eigenvalue weighted by Crippen LogP contribution is 2.28. The van der Waals surface area contributed by atoms with Gasteiger partial charge in [0.2, 0.25) is 0 Å². The molecule has 1 aliphatic heterocycles. The fraction of sp³-hybridized carbons (Fsp3) is 0.158. The van der Waals surface area contributed by atoms with Crippen LogP contribution in [-0.4, -0.2) is 24.4 Å². The number of hydrogen-bond acceptors (Lipinski definition) is 6. The topological polar surface area (TPSA) is 77.8 Å². The zero-order valence-electron chi connectivity index (χ0n) is 14.3. The third-order valence-electron chi connectivity index (χ3n) is 3.66. The minimum atomic E-state index is -0.603.